The third kappa shape index (κ3) is 2.49. The average Bonchev–Trinajstić information content (AvgIpc) is 2.92. The van der Waals surface area contributed by atoms with Gasteiger partial charge in [-0.25, -0.2) is 0 Å². The van der Waals surface area contributed by atoms with Gasteiger partial charge in [0.05, 0.1) is 12.3 Å². The molecule has 2 aromatic heterocycles. The summed E-state index contributed by atoms with van der Waals surface area (Å²) in [6, 6.07) is 7.88. The second-order valence-corrected chi connectivity index (χ2v) is 5.11. The third-order valence-corrected chi connectivity index (χ3v) is 3.75. The van der Waals surface area contributed by atoms with Crippen molar-refractivity contribution in [2.24, 2.45) is 0 Å². The first-order valence-electron chi connectivity index (χ1n) is 6.75. The molecule has 0 saturated carbocycles. The van der Waals surface area contributed by atoms with Crippen molar-refractivity contribution in [3.63, 3.8) is 0 Å². The zero-order chi connectivity index (χ0) is 13.2. The van der Waals surface area contributed by atoms with E-state index in [1.54, 1.807) is 12.3 Å². The third-order valence-electron chi connectivity index (χ3n) is 3.75. The predicted octanol–water partition coefficient (Wildman–Crippen LogP) is 2.70. The molecule has 2 unspecified atom stereocenters. The molecule has 19 heavy (non-hydrogen) atoms. The van der Waals surface area contributed by atoms with Gasteiger partial charge >= 0.3 is 0 Å². The van der Waals surface area contributed by atoms with Crippen molar-refractivity contribution in [3.8, 4) is 0 Å². The SMILES string of the molecule is CC(NC1CCCc2[nH]c(=O)ccc21)c1ccco1. The molecule has 0 saturated heterocycles. The molecule has 0 aliphatic heterocycles. The van der Waals surface area contributed by atoms with Gasteiger partial charge in [0.1, 0.15) is 5.76 Å². The lowest BCUT2D eigenvalue weighted by atomic mass is 9.90. The van der Waals surface area contributed by atoms with Crippen LogP contribution in [-0.2, 0) is 6.42 Å². The number of aryl methyl sites for hydroxylation is 1. The van der Waals surface area contributed by atoms with Crippen molar-refractivity contribution in [2.45, 2.75) is 38.3 Å². The Balaban J connectivity index is 1.82. The molecule has 100 valence electrons. The number of H-pyrrole nitrogens is 1. The highest BCUT2D eigenvalue weighted by molar-refractivity contribution is 5.26. The molecule has 0 radical (unpaired) electrons. The van der Waals surface area contributed by atoms with Gasteiger partial charge in [0.2, 0.25) is 5.56 Å². The van der Waals surface area contributed by atoms with Crippen molar-refractivity contribution in [1.29, 1.82) is 0 Å². The molecule has 0 bridgehead atoms. The monoisotopic (exact) mass is 258 g/mol. The fraction of sp³-hybridized carbons (Fsp3) is 0.400. The van der Waals surface area contributed by atoms with Gasteiger partial charge < -0.3 is 14.7 Å². The number of pyridine rings is 1. The molecule has 0 fully saturated rings. The second-order valence-electron chi connectivity index (χ2n) is 5.11. The van der Waals surface area contributed by atoms with E-state index < -0.39 is 0 Å². The summed E-state index contributed by atoms with van der Waals surface area (Å²) in [6.45, 7) is 2.10. The smallest absolute Gasteiger partial charge is 0.248 e. The molecule has 1 aliphatic carbocycles. The molecule has 0 amide bonds. The Bertz CT molecular complexity index is 601. The van der Waals surface area contributed by atoms with E-state index in [-0.39, 0.29) is 17.6 Å². The van der Waals surface area contributed by atoms with E-state index in [1.165, 1.54) is 5.56 Å². The summed E-state index contributed by atoms with van der Waals surface area (Å²) in [7, 11) is 0. The molecule has 2 aromatic rings. The summed E-state index contributed by atoms with van der Waals surface area (Å²) in [6.07, 6.45) is 4.83. The van der Waals surface area contributed by atoms with Crippen molar-refractivity contribution in [2.75, 3.05) is 0 Å². The molecule has 2 N–H and O–H groups in total. The standard InChI is InChI=1S/C15H18N2O2/c1-10(14-6-3-9-19-14)16-12-4-2-5-13-11(12)7-8-15(18)17-13/h3,6-10,12,16H,2,4-5H2,1H3,(H,17,18). The minimum atomic E-state index is -0.0153. The van der Waals surface area contributed by atoms with Crippen molar-refractivity contribution < 1.29 is 4.42 Å². The lowest BCUT2D eigenvalue weighted by Gasteiger charge is -2.28. The first-order valence-corrected chi connectivity index (χ1v) is 6.75. The van der Waals surface area contributed by atoms with Gasteiger partial charge in [0, 0.05) is 17.8 Å². The molecule has 0 spiro atoms. The Kier molecular flexibility index (Phi) is 3.25. The highest BCUT2D eigenvalue weighted by atomic mass is 16.3. The van der Waals surface area contributed by atoms with Gasteiger partial charge in [-0.2, -0.15) is 0 Å². The number of aromatic amines is 1. The number of nitrogens with one attached hydrogen (secondary N) is 2. The Morgan fingerprint density at radius 1 is 1.42 bits per heavy atom. The number of hydrogen-bond donors (Lipinski definition) is 2. The van der Waals surface area contributed by atoms with E-state index in [9.17, 15) is 4.79 Å². The topological polar surface area (TPSA) is 58.0 Å². The Labute approximate surface area is 111 Å². The maximum atomic E-state index is 11.4. The van der Waals surface area contributed by atoms with Gasteiger partial charge in [0.15, 0.2) is 0 Å². The lowest BCUT2D eigenvalue weighted by molar-refractivity contribution is 0.365. The van der Waals surface area contributed by atoms with Crippen LogP contribution < -0.4 is 10.9 Å². The maximum absolute atomic E-state index is 11.4. The van der Waals surface area contributed by atoms with E-state index in [4.69, 9.17) is 4.42 Å². The minimum Gasteiger partial charge on any atom is -0.468 e. The van der Waals surface area contributed by atoms with Crippen molar-refractivity contribution in [1.82, 2.24) is 10.3 Å². The quantitative estimate of drug-likeness (QED) is 0.890. The molecule has 3 rings (SSSR count). The van der Waals surface area contributed by atoms with Gasteiger partial charge in [0.25, 0.3) is 0 Å². The highest BCUT2D eigenvalue weighted by Crippen LogP contribution is 2.30. The summed E-state index contributed by atoms with van der Waals surface area (Å²) >= 11 is 0. The minimum absolute atomic E-state index is 0.0153. The normalized spacial score (nSPS) is 19.9. The number of furan rings is 1. The van der Waals surface area contributed by atoms with Gasteiger partial charge in [-0.05, 0) is 43.9 Å². The zero-order valence-corrected chi connectivity index (χ0v) is 11.0. The second kappa shape index (κ2) is 5.05. The fourth-order valence-electron chi connectivity index (χ4n) is 2.80. The number of hydrogen-bond acceptors (Lipinski definition) is 3. The zero-order valence-electron chi connectivity index (χ0n) is 11.0. The van der Waals surface area contributed by atoms with Crippen LogP contribution in [0.5, 0.6) is 0 Å². The van der Waals surface area contributed by atoms with Crippen LogP contribution in [0.2, 0.25) is 0 Å². The van der Waals surface area contributed by atoms with Crippen LogP contribution in [-0.4, -0.2) is 4.98 Å². The van der Waals surface area contributed by atoms with E-state index in [0.29, 0.717) is 0 Å². The Morgan fingerprint density at radius 2 is 2.32 bits per heavy atom. The van der Waals surface area contributed by atoms with Crippen LogP contribution in [0.25, 0.3) is 0 Å². The van der Waals surface area contributed by atoms with Gasteiger partial charge in [-0.15, -0.1) is 0 Å². The van der Waals surface area contributed by atoms with Crippen LogP contribution in [0, 0.1) is 0 Å². The molecule has 2 atom stereocenters. The van der Waals surface area contributed by atoms with E-state index in [0.717, 1.165) is 30.7 Å². The van der Waals surface area contributed by atoms with Crippen LogP contribution in [0.3, 0.4) is 0 Å². The summed E-state index contributed by atoms with van der Waals surface area (Å²) in [5.41, 5.74) is 2.27. The van der Waals surface area contributed by atoms with Gasteiger partial charge in [-0.3, -0.25) is 4.79 Å². The summed E-state index contributed by atoms with van der Waals surface area (Å²) in [4.78, 5) is 14.3. The van der Waals surface area contributed by atoms with Gasteiger partial charge in [-0.1, -0.05) is 6.07 Å². The predicted molar refractivity (Wildman–Crippen MR) is 73.0 cm³/mol. The van der Waals surface area contributed by atoms with Crippen molar-refractivity contribution in [3.05, 3.63) is 57.9 Å². The van der Waals surface area contributed by atoms with E-state index in [2.05, 4.69) is 17.2 Å². The Morgan fingerprint density at radius 3 is 3.11 bits per heavy atom. The molecule has 0 aromatic carbocycles. The van der Waals surface area contributed by atoms with Crippen LogP contribution in [0.15, 0.2) is 39.7 Å². The van der Waals surface area contributed by atoms with Crippen LogP contribution in [0.4, 0.5) is 0 Å². The molecule has 1 aliphatic rings. The highest BCUT2D eigenvalue weighted by Gasteiger charge is 2.23. The van der Waals surface area contributed by atoms with Crippen molar-refractivity contribution >= 4 is 0 Å². The molecule has 2 heterocycles. The largest absolute Gasteiger partial charge is 0.468 e. The molecular formula is C15H18N2O2. The summed E-state index contributed by atoms with van der Waals surface area (Å²) in [5, 5.41) is 3.58. The number of rotatable bonds is 3. The molecular weight excluding hydrogens is 240 g/mol. The number of aromatic nitrogens is 1. The van der Waals surface area contributed by atoms with Crippen LogP contribution in [0.1, 0.15) is 48.9 Å². The number of fused-ring (bicyclic) bond motifs is 1. The first-order chi connectivity index (χ1) is 9.24. The first kappa shape index (κ1) is 12.2. The van der Waals surface area contributed by atoms with E-state index >= 15 is 0 Å². The average molecular weight is 258 g/mol. The fourth-order valence-corrected chi connectivity index (χ4v) is 2.80. The van der Waals surface area contributed by atoms with E-state index in [1.807, 2.05) is 18.2 Å². The van der Waals surface area contributed by atoms with Crippen LogP contribution >= 0.6 is 0 Å². The molecule has 4 heteroatoms. The summed E-state index contributed by atoms with van der Waals surface area (Å²) in [5.74, 6) is 0.941. The Hall–Kier alpha value is -1.81. The lowest BCUT2D eigenvalue weighted by Crippen LogP contribution is -2.29. The maximum Gasteiger partial charge on any atom is 0.248 e. The summed E-state index contributed by atoms with van der Waals surface area (Å²) < 4.78 is 5.42. The molecule has 4 nitrogen and oxygen atoms in total.